The van der Waals surface area contributed by atoms with Crippen LogP contribution < -0.4 is 0 Å². The Kier molecular flexibility index (Phi) is 5.70. The van der Waals surface area contributed by atoms with Gasteiger partial charge in [0, 0.05) is 41.5 Å². The second-order valence-electron chi connectivity index (χ2n) is 6.50. The molecule has 0 amide bonds. The van der Waals surface area contributed by atoms with Crippen LogP contribution in [0.5, 0.6) is 0 Å². The van der Waals surface area contributed by atoms with Gasteiger partial charge < -0.3 is 5.11 Å². The minimum Gasteiger partial charge on any atom is -0.384 e. The number of aliphatic hydroxyl groups is 1. The van der Waals surface area contributed by atoms with Crippen molar-refractivity contribution < 1.29 is 5.11 Å². The van der Waals surface area contributed by atoms with E-state index in [0.717, 1.165) is 31.6 Å². The number of aliphatic hydroxyl groups excluding tert-OH is 1. The molecule has 2 heterocycles. The van der Waals surface area contributed by atoms with Crippen molar-refractivity contribution in [3.8, 4) is 11.8 Å². The van der Waals surface area contributed by atoms with Crippen molar-refractivity contribution in [1.29, 1.82) is 0 Å². The topological polar surface area (TPSA) is 26.7 Å². The van der Waals surface area contributed by atoms with Crippen LogP contribution in [-0.4, -0.2) is 48.2 Å². The fraction of sp³-hybridized carbons (Fsp3) is 0.400. The average Bonchev–Trinajstić information content (AvgIpc) is 3.01. The second-order valence-corrected chi connectivity index (χ2v) is 7.50. The fourth-order valence-corrected chi connectivity index (χ4v) is 4.18. The van der Waals surface area contributed by atoms with E-state index in [1.54, 1.807) is 11.3 Å². The number of benzene rings is 1. The molecule has 1 unspecified atom stereocenters. The van der Waals surface area contributed by atoms with Gasteiger partial charge in [0.2, 0.25) is 0 Å². The van der Waals surface area contributed by atoms with Crippen molar-refractivity contribution in [2.24, 2.45) is 0 Å². The molecule has 1 aliphatic heterocycles. The molecular weight excluding hydrogens is 316 g/mol. The highest BCUT2D eigenvalue weighted by molar-refractivity contribution is 7.10. The molecule has 2 aromatic rings. The third-order valence-electron chi connectivity index (χ3n) is 4.53. The lowest BCUT2D eigenvalue weighted by atomic mass is 9.94. The van der Waals surface area contributed by atoms with Gasteiger partial charge in [-0.2, -0.15) is 0 Å². The van der Waals surface area contributed by atoms with E-state index in [1.165, 1.54) is 16.0 Å². The number of nitrogens with zero attached hydrogens (tertiary/aromatic N) is 2. The van der Waals surface area contributed by atoms with Crippen molar-refractivity contribution in [2.45, 2.75) is 25.6 Å². The Hall–Kier alpha value is -1.64. The summed E-state index contributed by atoms with van der Waals surface area (Å²) in [6.07, 6.45) is 1.12. The Morgan fingerprint density at radius 1 is 1.33 bits per heavy atom. The van der Waals surface area contributed by atoms with Gasteiger partial charge in [0.1, 0.15) is 6.61 Å². The molecule has 0 aliphatic carbocycles. The molecule has 0 fully saturated rings. The molecule has 1 aromatic carbocycles. The predicted octanol–water partition coefficient (Wildman–Crippen LogP) is 2.58. The molecule has 0 bridgehead atoms. The van der Waals surface area contributed by atoms with Crippen LogP contribution in [0.25, 0.3) is 0 Å². The normalized spacial score (nSPS) is 17.4. The fourth-order valence-electron chi connectivity index (χ4n) is 3.28. The smallest absolute Gasteiger partial charge is 0.104 e. The molecule has 24 heavy (non-hydrogen) atoms. The third kappa shape index (κ3) is 4.25. The molecule has 1 atom stereocenters. The Balaban J connectivity index is 1.59. The van der Waals surface area contributed by atoms with Crippen molar-refractivity contribution >= 4 is 11.3 Å². The Bertz CT molecular complexity index is 743. The molecule has 1 N–H and O–H groups in total. The Morgan fingerprint density at radius 2 is 2.12 bits per heavy atom. The quantitative estimate of drug-likeness (QED) is 0.867. The molecule has 0 saturated carbocycles. The van der Waals surface area contributed by atoms with Crippen LogP contribution in [0.2, 0.25) is 0 Å². The van der Waals surface area contributed by atoms with Gasteiger partial charge >= 0.3 is 0 Å². The van der Waals surface area contributed by atoms with Crippen LogP contribution in [0.3, 0.4) is 0 Å². The van der Waals surface area contributed by atoms with Gasteiger partial charge in [-0.25, -0.2) is 0 Å². The highest BCUT2D eigenvalue weighted by atomic mass is 32.1. The standard InChI is InChI=1S/C20H24N2OS/c1-21(14-20-10-16(15-24-20)6-5-9-23)13-19-11-17-7-3-4-8-18(17)12-22(19)2/h3-4,7-8,10,15,19,23H,9,11-14H2,1-2H3. The van der Waals surface area contributed by atoms with Crippen molar-refractivity contribution in [1.82, 2.24) is 9.80 Å². The minimum absolute atomic E-state index is 0.0828. The van der Waals surface area contributed by atoms with E-state index >= 15 is 0 Å². The van der Waals surface area contributed by atoms with Crippen LogP contribution in [0.1, 0.15) is 21.6 Å². The van der Waals surface area contributed by atoms with Crippen LogP contribution in [-0.2, 0) is 19.5 Å². The molecule has 3 nitrogen and oxygen atoms in total. The van der Waals surface area contributed by atoms with Gasteiger partial charge in [-0.1, -0.05) is 36.1 Å². The molecule has 1 aromatic heterocycles. The average molecular weight is 340 g/mol. The maximum Gasteiger partial charge on any atom is 0.104 e. The molecule has 4 heteroatoms. The summed E-state index contributed by atoms with van der Waals surface area (Å²) >= 11 is 1.74. The third-order valence-corrected chi connectivity index (χ3v) is 5.45. The monoisotopic (exact) mass is 340 g/mol. The first-order valence-electron chi connectivity index (χ1n) is 8.28. The van der Waals surface area contributed by atoms with E-state index < -0.39 is 0 Å². The minimum atomic E-state index is -0.0828. The van der Waals surface area contributed by atoms with Crippen molar-refractivity contribution in [2.75, 3.05) is 27.2 Å². The number of hydrogen-bond donors (Lipinski definition) is 1. The maximum atomic E-state index is 8.77. The lowest BCUT2D eigenvalue weighted by Gasteiger charge is -2.36. The molecule has 126 valence electrons. The second kappa shape index (κ2) is 7.96. The van der Waals surface area contributed by atoms with Gasteiger partial charge in [-0.05, 0) is 37.7 Å². The van der Waals surface area contributed by atoms with Gasteiger partial charge in [0.25, 0.3) is 0 Å². The molecule has 1 aliphatic rings. The van der Waals surface area contributed by atoms with Crippen LogP contribution in [0.4, 0.5) is 0 Å². The molecule has 0 saturated heterocycles. The summed E-state index contributed by atoms with van der Waals surface area (Å²) in [4.78, 5) is 6.17. The lowest BCUT2D eigenvalue weighted by molar-refractivity contribution is 0.159. The largest absolute Gasteiger partial charge is 0.384 e. The number of likely N-dealkylation sites (N-methyl/N-ethyl adjacent to an activating group) is 2. The summed E-state index contributed by atoms with van der Waals surface area (Å²) in [6.45, 7) is 2.95. The van der Waals surface area contributed by atoms with Crippen molar-refractivity contribution in [3.63, 3.8) is 0 Å². The number of rotatable bonds is 4. The summed E-state index contributed by atoms with van der Waals surface area (Å²) < 4.78 is 0. The summed E-state index contributed by atoms with van der Waals surface area (Å²) in [5, 5.41) is 10.8. The predicted molar refractivity (Wildman–Crippen MR) is 100 cm³/mol. The zero-order valence-corrected chi connectivity index (χ0v) is 15.1. The van der Waals surface area contributed by atoms with E-state index in [9.17, 15) is 0 Å². The first-order valence-corrected chi connectivity index (χ1v) is 9.16. The maximum absolute atomic E-state index is 8.77. The van der Waals surface area contributed by atoms with E-state index in [2.05, 4.69) is 71.4 Å². The molecule has 3 rings (SSSR count). The van der Waals surface area contributed by atoms with E-state index in [1.807, 2.05) is 0 Å². The molecular formula is C20H24N2OS. The first-order chi connectivity index (χ1) is 11.7. The Morgan fingerprint density at radius 3 is 2.92 bits per heavy atom. The molecule has 0 radical (unpaired) electrons. The van der Waals surface area contributed by atoms with Gasteiger partial charge in [0.15, 0.2) is 0 Å². The van der Waals surface area contributed by atoms with Gasteiger partial charge in [-0.15, -0.1) is 11.3 Å². The number of thiophene rings is 1. The van der Waals surface area contributed by atoms with Crippen molar-refractivity contribution in [3.05, 3.63) is 57.3 Å². The van der Waals surface area contributed by atoms with Gasteiger partial charge in [-0.3, -0.25) is 9.80 Å². The zero-order valence-electron chi connectivity index (χ0n) is 14.3. The van der Waals surface area contributed by atoms with E-state index in [-0.39, 0.29) is 6.61 Å². The summed E-state index contributed by atoms with van der Waals surface area (Å²) in [6, 6.07) is 11.5. The summed E-state index contributed by atoms with van der Waals surface area (Å²) in [5.41, 5.74) is 3.96. The lowest BCUT2D eigenvalue weighted by Crippen LogP contribution is -2.44. The van der Waals surface area contributed by atoms with E-state index in [0.29, 0.717) is 6.04 Å². The van der Waals surface area contributed by atoms with E-state index in [4.69, 9.17) is 5.11 Å². The number of hydrogen-bond acceptors (Lipinski definition) is 4. The van der Waals surface area contributed by atoms with Crippen LogP contribution in [0, 0.1) is 11.8 Å². The van der Waals surface area contributed by atoms with Crippen LogP contribution in [0.15, 0.2) is 35.7 Å². The molecule has 0 spiro atoms. The highest BCUT2D eigenvalue weighted by Crippen LogP contribution is 2.23. The summed E-state index contributed by atoms with van der Waals surface area (Å²) in [7, 11) is 4.41. The zero-order chi connectivity index (χ0) is 16.9. The highest BCUT2D eigenvalue weighted by Gasteiger charge is 2.24. The van der Waals surface area contributed by atoms with Crippen LogP contribution >= 0.6 is 11.3 Å². The number of fused-ring (bicyclic) bond motifs is 1. The Labute approximate surface area is 148 Å². The summed E-state index contributed by atoms with van der Waals surface area (Å²) in [5.74, 6) is 5.68. The first kappa shape index (κ1) is 17.2. The SMILES string of the molecule is CN(Cc1cc(C#CCO)cs1)CC1Cc2ccccc2CN1C. The van der Waals surface area contributed by atoms with Gasteiger partial charge in [0.05, 0.1) is 0 Å².